The number of furan rings is 1. The lowest BCUT2D eigenvalue weighted by atomic mass is 10.0. The Hall–Kier alpha value is -1.75. The fraction of sp³-hybridized carbons (Fsp3) is 0.231. The maximum Gasteiger partial charge on any atom is 0.194 e. The Morgan fingerprint density at radius 2 is 1.83 bits per heavy atom. The number of aryl methyl sites for hydroxylation is 1. The van der Waals surface area contributed by atoms with Crippen LogP contribution in [0.5, 0.6) is 0 Å². The average Bonchev–Trinajstić information content (AvgIpc) is 2.83. The maximum atomic E-state index is 13.5. The van der Waals surface area contributed by atoms with E-state index in [1.807, 2.05) is 0 Å². The molecule has 0 aliphatic carbocycles. The molecule has 0 saturated heterocycles. The van der Waals surface area contributed by atoms with Gasteiger partial charge in [-0.05, 0) is 12.1 Å². The van der Waals surface area contributed by atoms with Gasteiger partial charge in [0.25, 0.3) is 0 Å². The molecule has 0 saturated carbocycles. The summed E-state index contributed by atoms with van der Waals surface area (Å²) in [5.41, 5.74) is 0.0346. The van der Waals surface area contributed by atoms with Gasteiger partial charge in [0.05, 0.1) is 6.26 Å². The zero-order valence-corrected chi connectivity index (χ0v) is 9.58. The Morgan fingerprint density at radius 1 is 1.11 bits per heavy atom. The van der Waals surface area contributed by atoms with E-state index in [1.165, 1.54) is 12.3 Å². The second-order valence-electron chi connectivity index (χ2n) is 3.82. The quantitative estimate of drug-likeness (QED) is 0.854. The number of hydrogen-bond donors (Lipinski definition) is 1. The molecule has 1 aromatic carbocycles. The number of hydrogen-bond acceptors (Lipinski definition) is 2. The van der Waals surface area contributed by atoms with E-state index in [9.17, 15) is 18.3 Å². The first-order valence-corrected chi connectivity index (χ1v) is 5.44. The van der Waals surface area contributed by atoms with Crippen LogP contribution in [0.3, 0.4) is 0 Å². The van der Waals surface area contributed by atoms with E-state index in [0.29, 0.717) is 17.7 Å². The van der Waals surface area contributed by atoms with Crippen LogP contribution in [0.25, 0.3) is 0 Å². The smallest absolute Gasteiger partial charge is 0.194 e. The molecular weight excluding hydrogens is 245 g/mol. The molecule has 0 bridgehead atoms. The summed E-state index contributed by atoms with van der Waals surface area (Å²) in [5, 5.41) is 10.00. The molecule has 1 unspecified atom stereocenters. The van der Waals surface area contributed by atoms with Gasteiger partial charge in [0.2, 0.25) is 0 Å². The van der Waals surface area contributed by atoms with Crippen LogP contribution < -0.4 is 0 Å². The monoisotopic (exact) mass is 256 g/mol. The van der Waals surface area contributed by atoms with Gasteiger partial charge in [-0.25, -0.2) is 13.2 Å². The summed E-state index contributed by atoms with van der Waals surface area (Å²) in [4.78, 5) is 0. The van der Waals surface area contributed by atoms with Gasteiger partial charge in [-0.2, -0.15) is 0 Å². The van der Waals surface area contributed by atoms with E-state index < -0.39 is 23.6 Å². The average molecular weight is 256 g/mol. The number of aliphatic hydroxyl groups is 1. The van der Waals surface area contributed by atoms with Crippen molar-refractivity contribution in [3.63, 3.8) is 0 Å². The summed E-state index contributed by atoms with van der Waals surface area (Å²) >= 11 is 0. The molecule has 2 nitrogen and oxygen atoms in total. The lowest BCUT2D eigenvalue weighted by Gasteiger charge is -2.12. The molecule has 1 atom stereocenters. The van der Waals surface area contributed by atoms with Gasteiger partial charge in [0, 0.05) is 17.5 Å². The molecule has 0 aliphatic heterocycles. The first-order chi connectivity index (χ1) is 8.56. The topological polar surface area (TPSA) is 33.4 Å². The van der Waals surface area contributed by atoms with Crippen molar-refractivity contribution in [2.75, 3.05) is 0 Å². The Kier molecular flexibility index (Phi) is 3.43. The van der Waals surface area contributed by atoms with Crippen LogP contribution in [0.4, 0.5) is 13.2 Å². The van der Waals surface area contributed by atoms with Crippen LogP contribution >= 0.6 is 0 Å². The Balaban J connectivity index is 2.46. The third-order valence-corrected chi connectivity index (χ3v) is 2.76. The van der Waals surface area contributed by atoms with Crippen LogP contribution in [0, 0.1) is 17.5 Å². The Labute approximate surface area is 102 Å². The minimum absolute atomic E-state index is 0.315. The van der Waals surface area contributed by atoms with Gasteiger partial charge >= 0.3 is 0 Å². The van der Waals surface area contributed by atoms with Crippen molar-refractivity contribution in [2.45, 2.75) is 19.4 Å². The summed E-state index contributed by atoms with van der Waals surface area (Å²) in [5.74, 6) is -3.78. The minimum Gasteiger partial charge on any atom is -0.469 e. The number of halogens is 3. The van der Waals surface area contributed by atoms with Crippen LogP contribution in [-0.4, -0.2) is 5.11 Å². The highest BCUT2D eigenvalue weighted by atomic mass is 19.2. The summed E-state index contributed by atoms with van der Waals surface area (Å²) in [6.45, 7) is 1.80. The Morgan fingerprint density at radius 3 is 2.50 bits per heavy atom. The maximum absolute atomic E-state index is 13.5. The normalized spacial score (nSPS) is 12.7. The summed E-state index contributed by atoms with van der Waals surface area (Å²) in [6.07, 6.45) is 0.480. The van der Waals surface area contributed by atoms with E-state index in [4.69, 9.17) is 4.42 Å². The predicted octanol–water partition coefficient (Wildman–Crippen LogP) is 3.34. The fourth-order valence-electron chi connectivity index (χ4n) is 1.80. The Bertz CT molecular complexity index is 563. The minimum atomic E-state index is -1.59. The van der Waals surface area contributed by atoms with Gasteiger partial charge in [-0.3, -0.25) is 0 Å². The third kappa shape index (κ3) is 2.01. The standard InChI is InChI=1S/C13H11F3O2/c1-2-10-7(5-6-18-10)13(17)8-3-4-9(14)12(16)11(8)15/h3-6,13,17H,2H2,1H3. The van der Waals surface area contributed by atoms with E-state index in [0.717, 1.165) is 12.1 Å². The second-order valence-corrected chi connectivity index (χ2v) is 3.82. The molecule has 0 amide bonds. The zero-order valence-electron chi connectivity index (χ0n) is 9.58. The highest BCUT2D eigenvalue weighted by Gasteiger charge is 2.23. The molecule has 0 radical (unpaired) electrons. The largest absolute Gasteiger partial charge is 0.469 e. The molecule has 1 N–H and O–H groups in total. The molecule has 5 heteroatoms. The molecule has 0 spiro atoms. The molecule has 0 aliphatic rings. The number of benzene rings is 1. The van der Waals surface area contributed by atoms with E-state index >= 15 is 0 Å². The van der Waals surface area contributed by atoms with Crippen LogP contribution in [0.1, 0.15) is 29.9 Å². The zero-order chi connectivity index (χ0) is 13.3. The number of rotatable bonds is 3. The van der Waals surface area contributed by atoms with E-state index in [1.54, 1.807) is 6.92 Å². The van der Waals surface area contributed by atoms with Gasteiger partial charge in [-0.1, -0.05) is 13.0 Å². The van der Waals surface area contributed by atoms with E-state index in [2.05, 4.69) is 0 Å². The molecule has 1 heterocycles. The van der Waals surface area contributed by atoms with Crippen molar-refractivity contribution in [3.05, 3.63) is 58.8 Å². The van der Waals surface area contributed by atoms with Crippen LogP contribution in [0.15, 0.2) is 28.9 Å². The second kappa shape index (κ2) is 4.86. The lowest BCUT2D eigenvalue weighted by molar-refractivity contribution is 0.210. The van der Waals surface area contributed by atoms with Gasteiger partial charge in [-0.15, -0.1) is 0 Å². The molecule has 96 valence electrons. The van der Waals surface area contributed by atoms with Crippen molar-refractivity contribution in [1.82, 2.24) is 0 Å². The van der Waals surface area contributed by atoms with Crippen molar-refractivity contribution in [2.24, 2.45) is 0 Å². The lowest BCUT2D eigenvalue weighted by Crippen LogP contribution is -2.06. The molecule has 2 aromatic rings. The van der Waals surface area contributed by atoms with Gasteiger partial charge in [0.15, 0.2) is 17.5 Å². The van der Waals surface area contributed by atoms with Gasteiger partial charge < -0.3 is 9.52 Å². The molecule has 2 rings (SSSR count). The first kappa shape index (κ1) is 12.7. The first-order valence-electron chi connectivity index (χ1n) is 5.44. The molecule has 18 heavy (non-hydrogen) atoms. The fourth-order valence-corrected chi connectivity index (χ4v) is 1.80. The number of aliphatic hydroxyl groups excluding tert-OH is 1. The predicted molar refractivity (Wildman–Crippen MR) is 58.5 cm³/mol. The van der Waals surface area contributed by atoms with Crippen molar-refractivity contribution in [3.8, 4) is 0 Å². The van der Waals surface area contributed by atoms with Crippen LogP contribution in [-0.2, 0) is 6.42 Å². The van der Waals surface area contributed by atoms with E-state index in [-0.39, 0.29) is 5.56 Å². The van der Waals surface area contributed by atoms with Crippen LogP contribution in [0.2, 0.25) is 0 Å². The highest BCUT2D eigenvalue weighted by Crippen LogP contribution is 2.29. The molecule has 0 fully saturated rings. The van der Waals surface area contributed by atoms with Crippen molar-refractivity contribution >= 4 is 0 Å². The SMILES string of the molecule is CCc1occc1C(O)c1ccc(F)c(F)c1F. The summed E-state index contributed by atoms with van der Waals surface area (Å²) < 4.78 is 44.5. The highest BCUT2D eigenvalue weighted by molar-refractivity contribution is 5.33. The van der Waals surface area contributed by atoms with Crippen molar-refractivity contribution < 1.29 is 22.7 Å². The summed E-state index contributed by atoms with van der Waals surface area (Å²) in [7, 11) is 0. The third-order valence-electron chi connectivity index (χ3n) is 2.76. The van der Waals surface area contributed by atoms with Gasteiger partial charge in [0.1, 0.15) is 11.9 Å². The van der Waals surface area contributed by atoms with Crippen molar-refractivity contribution in [1.29, 1.82) is 0 Å². The molecule has 1 aromatic heterocycles. The summed E-state index contributed by atoms with van der Waals surface area (Å²) in [6, 6.07) is 3.28. The molecular formula is C13H11F3O2.